The van der Waals surface area contributed by atoms with Gasteiger partial charge in [-0.1, -0.05) is 13.8 Å². The number of rotatable bonds is 5. The van der Waals surface area contributed by atoms with Gasteiger partial charge in [-0.15, -0.1) is 0 Å². The SMILES string of the molecule is CC(C)COC(=O)[C@@H]1C[NH+]1C(C)(C)CO. The number of hydrogen-bond donors (Lipinski definition) is 2. The van der Waals surface area contributed by atoms with Crippen LogP contribution in [0.3, 0.4) is 0 Å². The Morgan fingerprint density at radius 2 is 2.20 bits per heavy atom. The molecule has 1 heterocycles. The molecule has 0 aromatic carbocycles. The second-order valence-electron chi connectivity index (χ2n) is 5.35. The van der Waals surface area contributed by atoms with Crippen molar-refractivity contribution in [3.63, 3.8) is 0 Å². The number of ether oxygens (including phenoxy) is 1. The summed E-state index contributed by atoms with van der Waals surface area (Å²) in [6, 6.07) is -0.0640. The smallest absolute Gasteiger partial charge is 0.371 e. The normalized spacial score (nSPS) is 25.5. The zero-order valence-electron chi connectivity index (χ0n) is 10.0. The van der Waals surface area contributed by atoms with Crippen molar-refractivity contribution < 1.29 is 19.5 Å². The topological polar surface area (TPSA) is 51.0 Å². The van der Waals surface area contributed by atoms with Gasteiger partial charge >= 0.3 is 5.97 Å². The molecule has 0 spiro atoms. The minimum Gasteiger partial charge on any atom is -0.461 e. The summed E-state index contributed by atoms with van der Waals surface area (Å²) in [6.45, 7) is 9.31. The number of esters is 1. The van der Waals surface area contributed by atoms with Gasteiger partial charge in [-0.25, -0.2) is 4.79 Å². The highest BCUT2D eigenvalue weighted by Gasteiger charge is 2.55. The van der Waals surface area contributed by atoms with E-state index >= 15 is 0 Å². The van der Waals surface area contributed by atoms with Crippen molar-refractivity contribution in [2.24, 2.45) is 5.92 Å². The third-order valence-corrected chi connectivity index (χ3v) is 2.79. The van der Waals surface area contributed by atoms with Crippen molar-refractivity contribution in [3.8, 4) is 0 Å². The van der Waals surface area contributed by atoms with E-state index < -0.39 is 0 Å². The summed E-state index contributed by atoms with van der Waals surface area (Å²) < 4.78 is 5.16. The summed E-state index contributed by atoms with van der Waals surface area (Å²) >= 11 is 0. The predicted molar refractivity (Wildman–Crippen MR) is 56.6 cm³/mol. The lowest BCUT2D eigenvalue weighted by molar-refractivity contribution is -0.829. The highest BCUT2D eigenvalue weighted by atomic mass is 16.5. The van der Waals surface area contributed by atoms with E-state index in [1.54, 1.807) is 0 Å². The molecule has 0 bridgehead atoms. The van der Waals surface area contributed by atoms with Crippen LogP contribution in [-0.4, -0.2) is 42.4 Å². The van der Waals surface area contributed by atoms with Crippen LogP contribution in [0.25, 0.3) is 0 Å². The molecule has 0 aromatic rings. The molecule has 1 aliphatic rings. The number of aliphatic hydroxyl groups is 1. The Bertz CT molecular complexity index is 238. The fourth-order valence-electron chi connectivity index (χ4n) is 1.59. The maximum absolute atomic E-state index is 11.6. The Morgan fingerprint density at radius 1 is 1.60 bits per heavy atom. The molecule has 1 fully saturated rings. The van der Waals surface area contributed by atoms with Crippen LogP contribution in [0.1, 0.15) is 27.7 Å². The first-order valence-corrected chi connectivity index (χ1v) is 5.52. The van der Waals surface area contributed by atoms with Crippen molar-refractivity contribution in [3.05, 3.63) is 0 Å². The van der Waals surface area contributed by atoms with E-state index in [2.05, 4.69) is 0 Å². The Morgan fingerprint density at radius 3 is 2.67 bits per heavy atom. The van der Waals surface area contributed by atoms with Crippen LogP contribution in [0.5, 0.6) is 0 Å². The van der Waals surface area contributed by atoms with Gasteiger partial charge in [-0.3, -0.25) is 0 Å². The highest BCUT2D eigenvalue weighted by Crippen LogP contribution is 2.05. The largest absolute Gasteiger partial charge is 0.461 e. The van der Waals surface area contributed by atoms with E-state index in [1.807, 2.05) is 27.7 Å². The van der Waals surface area contributed by atoms with Gasteiger partial charge in [0.25, 0.3) is 0 Å². The molecule has 0 saturated carbocycles. The average molecular weight is 216 g/mol. The second kappa shape index (κ2) is 4.49. The third-order valence-electron chi connectivity index (χ3n) is 2.79. The third kappa shape index (κ3) is 3.18. The van der Waals surface area contributed by atoms with E-state index in [0.717, 1.165) is 11.4 Å². The number of carbonyl (C=O) groups excluding carboxylic acids is 1. The average Bonchev–Trinajstić information content (AvgIpc) is 2.94. The fourth-order valence-corrected chi connectivity index (χ4v) is 1.59. The molecule has 4 heteroatoms. The maximum atomic E-state index is 11.6. The summed E-state index contributed by atoms with van der Waals surface area (Å²) in [6.07, 6.45) is 0. The molecule has 2 atom stereocenters. The Balaban J connectivity index is 2.34. The first kappa shape index (κ1) is 12.5. The van der Waals surface area contributed by atoms with E-state index in [0.29, 0.717) is 12.5 Å². The summed E-state index contributed by atoms with van der Waals surface area (Å²) in [4.78, 5) is 12.7. The molecular weight excluding hydrogens is 194 g/mol. The van der Waals surface area contributed by atoms with Crippen molar-refractivity contribution >= 4 is 5.97 Å². The van der Waals surface area contributed by atoms with Crippen molar-refractivity contribution in [2.45, 2.75) is 39.3 Å². The standard InChI is InChI=1S/C11H21NO3/c1-8(2)6-15-10(14)9-5-12(9)11(3,4)7-13/h8-9,13H,5-7H2,1-4H3/p+1/t9-,12?/m0/s1. The number of aliphatic hydroxyl groups excluding tert-OH is 1. The van der Waals surface area contributed by atoms with Crippen molar-refractivity contribution in [1.29, 1.82) is 0 Å². The lowest BCUT2D eigenvalue weighted by Gasteiger charge is -2.20. The van der Waals surface area contributed by atoms with E-state index in [4.69, 9.17) is 9.84 Å². The molecule has 88 valence electrons. The molecular formula is C11H22NO3+. The molecule has 1 saturated heterocycles. The zero-order valence-corrected chi connectivity index (χ0v) is 10.0. The maximum Gasteiger partial charge on any atom is 0.371 e. The van der Waals surface area contributed by atoms with Crippen molar-refractivity contribution in [2.75, 3.05) is 19.8 Å². The Hall–Kier alpha value is -0.610. The first-order valence-electron chi connectivity index (χ1n) is 5.52. The van der Waals surface area contributed by atoms with Gasteiger partial charge in [-0.2, -0.15) is 0 Å². The molecule has 0 aliphatic carbocycles. The van der Waals surface area contributed by atoms with E-state index in [-0.39, 0.29) is 24.2 Å². The number of carbonyl (C=O) groups is 1. The Kier molecular flexibility index (Phi) is 3.73. The van der Waals surface area contributed by atoms with Crippen LogP contribution >= 0.6 is 0 Å². The van der Waals surface area contributed by atoms with Crippen LogP contribution < -0.4 is 4.90 Å². The molecule has 15 heavy (non-hydrogen) atoms. The molecule has 0 radical (unpaired) electrons. The van der Waals surface area contributed by atoms with Crippen LogP contribution in [0, 0.1) is 5.92 Å². The van der Waals surface area contributed by atoms with Crippen LogP contribution in [-0.2, 0) is 9.53 Å². The molecule has 1 aliphatic heterocycles. The second-order valence-corrected chi connectivity index (χ2v) is 5.35. The minimum atomic E-state index is -0.235. The monoisotopic (exact) mass is 216 g/mol. The van der Waals surface area contributed by atoms with Gasteiger partial charge in [0.15, 0.2) is 0 Å². The number of quaternary nitrogens is 1. The van der Waals surface area contributed by atoms with E-state index in [1.165, 1.54) is 0 Å². The van der Waals surface area contributed by atoms with Gasteiger partial charge in [0.05, 0.1) is 13.2 Å². The predicted octanol–water partition coefficient (Wildman–Crippen LogP) is -0.776. The number of hydrogen-bond acceptors (Lipinski definition) is 3. The lowest BCUT2D eigenvalue weighted by atomic mass is 10.1. The first-order chi connectivity index (χ1) is 6.88. The van der Waals surface area contributed by atoms with Gasteiger partial charge < -0.3 is 14.7 Å². The summed E-state index contributed by atoms with van der Waals surface area (Å²) in [5.41, 5.74) is -0.235. The van der Waals surface area contributed by atoms with Gasteiger partial charge in [0.2, 0.25) is 6.04 Å². The van der Waals surface area contributed by atoms with Crippen LogP contribution in [0.4, 0.5) is 0 Å². The lowest BCUT2D eigenvalue weighted by Crippen LogP contribution is -3.05. The summed E-state index contributed by atoms with van der Waals surface area (Å²) in [5.74, 6) is 0.252. The van der Waals surface area contributed by atoms with Gasteiger partial charge in [0.1, 0.15) is 12.1 Å². The Labute approximate surface area is 91.2 Å². The molecule has 0 amide bonds. The summed E-state index contributed by atoms with van der Waals surface area (Å²) in [7, 11) is 0. The molecule has 1 unspecified atom stereocenters. The zero-order chi connectivity index (χ0) is 11.6. The van der Waals surface area contributed by atoms with E-state index in [9.17, 15) is 4.79 Å². The minimum absolute atomic E-state index is 0.0640. The molecule has 0 aromatic heterocycles. The number of nitrogens with one attached hydrogen (secondary N) is 1. The highest BCUT2D eigenvalue weighted by molar-refractivity contribution is 5.76. The molecule has 1 rings (SSSR count). The van der Waals surface area contributed by atoms with Crippen LogP contribution in [0.15, 0.2) is 0 Å². The van der Waals surface area contributed by atoms with Gasteiger partial charge in [-0.05, 0) is 19.8 Å². The van der Waals surface area contributed by atoms with Crippen LogP contribution in [0.2, 0.25) is 0 Å². The van der Waals surface area contributed by atoms with Gasteiger partial charge in [0, 0.05) is 0 Å². The van der Waals surface area contributed by atoms with Crippen molar-refractivity contribution in [1.82, 2.24) is 0 Å². The quantitative estimate of drug-likeness (QED) is 0.468. The molecule has 4 nitrogen and oxygen atoms in total. The summed E-state index contributed by atoms with van der Waals surface area (Å²) in [5, 5.41) is 9.15. The molecule has 2 N–H and O–H groups in total. The fraction of sp³-hybridized carbons (Fsp3) is 0.909.